The molecular weight excluding hydrogens is 521 g/mol. The Morgan fingerprint density at radius 1 is 1.28 bits per heavy atom. The van der Waals surface area contributed by atoms with Gasteiger partial charge in [0, 0.05) is 16.7 Å². The molecule has 0 bridgehead atoms. The molecule has 5 aliphatic rings. The first-order valence-electron chi connectivity index (χ1n) is 11.9. The maximum Gasteiger partial charge on any atom is 1.00 e. The Morgan fingerprint density at radius 2 is 1.94 bits per heavy atom. The van der Waals surface area contributed by atoms with E-state index in [4.69, 9.17) is 14.0 Å². The third-order valence-corrected chi connectivity index (χ3v) is 9.96. The van der Waals surface area contributed by atoms with E-state index in [1.807, 2.05) is 0 Å². The van der Waals surface area contributed by atoms with E-state index in [1.165, 1.54) is 18.2 Å². The fraction of sp³-hybridized carbons (Fsp3) is 0.750. The molecule has 12 heteroatoms. The number of halogens is 1. The van der Waals surface area contributed by atoms with E-state index in [-0.39, 0.29) is 71.4 Å². The molecule has 1 saturated heterocycles. The Bertz CT molecular complexity index is 1110. The number of alkyl halides is 1. The molecule has 0 unspecified atom stereocenters. The molecular formula is C24H33FKO9P. The Kier molecular flexibility index (Phi) is 7.29. The Morgan fingerprint density at radius 3 is 2.56 bits per heavy atom. The van der Waals surface area contributed by atoms with Gasteiger partial charge in [0.2, 0.25) is 0 Å². The van der Waals surface area contributed by atoms with Gasteiger partial charge < -0.3 is 25.8 Å². The Hall–Kier alpha value is 0.376. The molecule has 3 saturated carbocycles. The van der Waals surface area contributed by atoms with Gasteiger partial charge in [-0.1, -0.05) is 18.6 Å². The standard InChI is InChI=1S/C24H32FO9P.K.H/c1-20(2)32-18-10-16-15-6-5-13-9-14(27)7-8-21(13,3)23(15,25)19(33-35(29,30)31)11-22(16,4)24(18,34-20)17(28)12-26;;/h7-9,15-16,18-19,26H,5-6,10-12H2,1-4H3,(H2,29,30,31);;/q;+1;-1/t15-,16-,18+,19-,21-,22-,23-,24+;;/m0../s1. The number of carbonyl (C=O) groups is 2. The van der Waals surface area contributed by atoms with E-state index in [0.717, 1.165) is 0 Å². The number of ether oxygens (including phenoxy) is 2. The van der Waals surface area contributed by atoms with Crippen LogP contribution in [0.4, 0.5) is 4.39 Å². The van der Waals surface area contributed by atoms with Gasteiger partial charge in [-0.15, -0.1) is 0 Å². The monoisotopic (exact) mass is 554 g/mol. The molecule has 0 aromatic carbocycles. The van der Waals surface area contributed by atoms with Crippen molar-refractivity contribution in [1.82, 2.24) is 0 Å². The molecule has 4 fully saturated rings. The topological polar surface area (TPSA) is 140 Å². The zero-order valence-electron chi connectivity index (χ0n) is 22.2. The first-order valence-corrected chi connectivity index (χ1v) is 13.5. The van der Waals surface area contributed by atoms with Gasteiger partial charge in [0.15, 0.2) is 28.6 Å². The van der Waals surface area contributed by atoms with Crippen molar-refractivity contribution in [3.63, 3.8) is 0 Å². The van der Waals surface area contributed by atoms with Crippen LogP contribution in [0.25, 0.3) is 0 Å². The van der Waals surface area contributed by atoms with Gasteiger partial charge in [0.25, 0.3) is 0 Å². The summed E-state index contributed by atoms with van der Waals surface area (Å²) in [4.78, 5) is 45.0. The second-order valence-corrected chi connectivity index (χ2v) is 12.7. The number of phosphoric acid groups is 1. The van der Waals surface area contributed by atoms with Crippen LogP contribution < -0.4 is 51.4 Å². The minimum absolute atomic E-state index is 0. The van der Waals surface area contributed by atoms with Crippen LogP contribution in [0, 0.1) is 22.7 Å². The summed E-state index contributed by atoms with van der Waals surface area (Å²) in [6.07, 6.45) is 2.52. The molecule has 0 spiro atoms. The predicted molar refractivity (Wildman–Crippen MR) is 121 cm³/mol. The van der Waals surface area contributed by atoms with Crippen molar-refractivity contribution in [1.29, 1.82) is 0 Å². The zero-order valence-corrected chi connectivity index (χ0v) is 25.2. The van der Waals surface area contributed by atoms with E-state index in [0.29, 0.717) is 18.4 Å². The molecule has 0 amide bonds. The molecule has 4 aliphatic carbocycles. The van der Waals surface area contributed by atoms with Crippen LogP contribution >= 0.6 is 7.82 Å². The van der Waals surface area contributed by atoms with Gasteiger partial charge >= 0.3 is 59.2 Å². The molecule has 3 N–H and O–H groups in total. The molecule has 5 rings (SSSR count). The molecule has 0 radical (unpaired) electrons. The van der Waals surface area contributed by atoms with Crippen molar-refractivity contribution in [2.45, 2.75) is 82.6 Å². The number of aliphatic hydroxyl groups is 1. The molecule has 8 atom stereocenters. The van der Waals surface area contributed by atoms with Crippen LogP contribution in [0.15, 0.2) is 23.8 Å². The second-order valence-electron chi connectivity index (χ2n) is 11.5. The Balaban J connectivity index is 0.00000190. The summed E-state index contributed by atoms with van der Waals surface area (Å²) in [5.41, 5.74) is -5.82. The van der Waals surface area contributed by atoms with Crippen LogP contribution in [0.3, 0.4) is 0 Å². The average Bonchev–Trinajstić information content (AvgIpc) is 3.14. The molecule has 1 aliphatic heterocycles. The predicted octanol–water partition coefficient (Wildman–Crippen LogP) is -0.348. The summed E-state index contributed by atoms with van der Waals surface area (Å²) in [6, 6.07) is 0. The van der Waals surface area contributed by atoms with E-state index >= 15 is 4.39 Å². The first-order chi connectivity index (χ1) is 16.0. The minimum Gasteiger partial charge on any atom is -1.00 e. The fourth-order valence-electron chi connectivity index (χ4n) is 8.17. The molecule has 36 heavy (non-hydrogen) atoms. The molecule has 196 valence electrons. The third-order valence-electron chi connectivity index (χ3n) is 9.43. The van der Waals surface area contributed by atoms with Crippen LogP contribution in [-0.2, 0) is 28.2 Å². The molecule has 9 nitrogen and oxygen atoms in total. The molecule has 0 aromatic heterocycles. The van der Waals surface area contributed by atoms with Crippen LogP contribution in [-0.4, -0.2) is 62.3 Å². The summed E-state index contributed by atoms with van der Waals surface area (Å²) in [7, 11) is -5.16. The summed E-state index contributed by atoms with van der Waals surface area (Å²) in [5, 5.41) is 9.90. The van der Waals surface area contributed by atoms with Crippen molar-refractivity contribution >= 4 is 19.4 Å². The number of allylic oxidation sites excluding steroid dienone is 4. The van der Waals surface area contributed by atoms with Crippen molar-refractivity contribution in [3.05, 3.63) is 23.8 Å². The quantitative estimate of drug-likeness (QED) is 0.314. The van der Waals surface area contributed by atoms with Crippen LogP contribution in [0.1, 0.15) is 54.8 Å². The number of rotatable bonds is 4. The number of hydrogen-bond donors (Lipinski definition) is 3. The normalized spacial score (nSPS) is 46.7. The zero-order chi connectivity index (χ0) is 25.8. The SMILES string of the molecule is CC1(C)O[C@@H]2C[C@H]3[C@@H]4CCC5=CC(=O)C=C[C@]5(C)[C@@]4(F)[C@@H](OP(=O)(O)O)C[C@]3(C)[C@]2(C(=O)CO)O1.[H-].[K+]. The van der Waals surface area contributed by atoms with Gasteiger partial charge in [-0.3, -0.25) is 14.1 Å². The van der Waals surface area contributed by atoms with Crippen molar-refractivity contribution in [3.8, 4) is 0 Å². The summed E-state index contributed by atoms with van der Waals surface area (Å²) in [5.74, 6) is -3.26. The summed E-state index contributed by atoms with van der Waals surface area (Å²) < 4.78 is 47.4. The van der Waals surface area contributed by atoms with E-state index in [9.17, 15) is 29.0 Å². The second kappa shape index (κ2) is 8.94. The van der Waals surface area contributed by atoms with Gasteiger partial charge in [-0.2, -0.15) is 0 Å². The van der Waals surface area contributed by atoms with Gasteiger partial charge in [-0.05, 0) is 64.5 Å². The van der Waals surface area contributed by atoms with Gasteiger partial charge in [0.05, 0.1) is 6.10 Å². The number of phosphoric ester groups is 1. The van der Waals surface area contributed by atoms with Crippen LogP contribution in [0.5, 0.6) is 0 Å². The average molecular weight is 555 g/mol. The van der Waals surface area contributed by atoms with Crippen molar-refractivity contribution in [2.24, 2.45) is 22.7 Å². The minimum atomic E-state index is -5.16. The fourth-order valence-corrected chi connectivity index (χ4v) is 8.73. The summed E-state index contributed by atoms with van der Waals surface area (Å²) in [6.45, 7) is 5.88. The van der Waals surface area contributed by atoms with E-state index < -0.39 is 72.1 Å². The third kappa shape index (κ3) is 3.80. The number of aliphatic hydroxyl groups excluding tert-OH is 1. The number of hydrogen-bond acceptors (Lipinski definition) is 7. The Labute approximate surface area is 253 Å². The smallest absolute Gasteiger partial charge is 1.00 e. The van der Waals surface area contributed by atoms with Crippen LogP contribution in [0.2, 0.25) is 0 Å². The summed E-state index contributed by atoms with van der Waals surface area (Å²) >= 11 is 0. The van der Waals surface area contributed by atoms with Gasteiger partial charge in [-0.25, -0.2) is 8.96 Å². The molecule has 0 aromatic rings. The largest absolute Gasteiger partial charge is 1.00 e. The van der Waals surface area contributed by atoms with E-state index in [2.05, 4.69) is 0 Å². The molecule has 1 heterocycles. The first kappa shape index (κ1) is 29.4. The van der Waals surface area contributed by atoms with E-state index in [1.54, 1.807) is 27.7 Å². The maximum absolute atomic E-state index is 17.7. The number of ketones is 2. The van der Waals surface area contributed by atoms with Gasteiger partial charge in [0.1, 0.15) is 12.7 Å². The van der Waals surface area contributed by atoms with Crippen molar-refractivity contribution < 1.29 is 100 Å². The number of Topliss-reactive ketones (excluding diaryl/α,β-unsaturated/α-hetero) is 1. The van der Waals surface area contributed by atoms with Crippen molar-refractivity contribution in [2.75, 3.05) is 6.61 Å². The number of carbonyl (C=O) groups excluding carboxylic acids is 2. The number of fused-ring (bicyclic) bond motifs is 7. The maximum atomic E-state index is 17.7.